The Morgan fingerprint density at radius 3 is 2.52 bits per heavy atom. The molecule has 1 aromatic carbocycles. The summed E-state index contributed by atoms with van der Waals surface area (Å²) in [5.74, 6) is 0.821. The lowest BCUT2D eigenvalue weighted by Gasteiger charge is -2.37. The maximum Gasteiger partial charge on any atom is 0.0603 e. The van der Waals surface area contributed by atoms with Gasteiger partial charge in [0.2, 0.25) is 0 Å². The molecule has 0 spiro atoms. The van der Waals surface area contributed by atoms with Crippen molar-refractivity contribution in [3.8, 4) is 0 Å². The normalized spacial score (nSPS) is 23.2. The van der Waals surface area contributed by atoms with Gasteiger partial charge in [0.15, 0.2) is 0 Å². The van der Waals surface area contributed by atoms with E-state index < -0.39 is 0 Å². The molecule has 0 saturated carbocycles. The molecular weight excluding hydrogens is 262 g/mol. The van der Waals surface area contributed by atoms with Crippen molar-refractivity contribution < 1.29 is 4.74 Å². The molecule has 21 heavy (non-hydrogen) atoms. The average molecular weight is 289 g/mol. The largest absolute Gasteiger partial charge is 0.397 e. The standard InChI is InChI=1S/C17H27N3O/c1-13-4-8-20(9-5-13)16-12-14(2-3-15(16)18)17(19)6-10-21-11-7-17/h2-3,12-13H,4-11,18-19H2,1H3. The minimum Gasteiger partial charge on any atom is -0.397 e. The van der Waals surface area contributed by atoms with E-state index in [1.54, 1.807) is 0 Å². The van der Waals surface area contributed by atoms with Gasteiger partial charge in [-0.1, -0.05) is 13.0 Å². The number of nitrogen functional groups attached to an aromatic ring is 1. The zero-order valence-electron chi connectivity index (χ0n) is 13.0. The molecule has 116 valence electrons. The molecule has 4 heteroatoms. The number of benzene rings is 1. The summed E-state index contributed by atoms with van der Waals surface area (Å²) in [6.07, 6.45) is 4.25. The highest BCUT2D eigenvalue weighted by Crippen LogP contribution is 2.35. The van der Waals surface area contributed by atoms with Crippen LogP contribution in [0.5, 0.6) is 0 Å². The number of hydrogen-bond donors (Lipinski definition) is 2. The van der Waals surface area contributed by atoms with Crippen LogP contribution in [0.1, 0.15) is 38.2 Å². The molecule has 0 atom stereocenters. The number of piperidine rings is 1. The topological polar surface area (TPSA) is 64.5 Å². The maximum absolute atomic E-state index is 6.61. The van der Waals surface area contributed by atoms with Crippen molar-refractivity contribution in [2.75, 3.05) is 36.9 Å². The summed E-state index contributed by atoms with van der Waals surface area (Å²) in [4.78, 5) is 2.42. The Morgan fingerprint density at radius 2 is 1.86 bits per heavy atom. The van der Waals surface area contributed by atoms with Crippen LogP contribution in [0, 0.1) is 5.92 Å². The molecule has 2 aliphatic heterocycles. The lowest BCUT2D eigenvalue weighted by molar-refractivity contribution is 0.0522. The Morgan fingerprint density at radius 1 is 1.19 bits per heavy atom. The smallest absolute Gasteiger partial charge is 0.0603 e. The minimum absolute atomic E-state index is 0.260. The molecule has 2 saturated heterocycles. The van der Waals surface area contributed by atoms with Crippen LogP contribution in [-0.2, 0) is 10.3 Å². The second-order valence-corrected chi connectivity index (χ2v) is 6.71. The van der Waals surface area contributed by atoms with Crippen LogP contribution < -0.4 is 16.4 Å². The maximum atomic E-state index is 6.61. The first-order valence-corrected chi connectivity index (χ1v) is 8.10. The average Bonchev–Trinajstić information content (AvgIpc) is 2.49. The van der Waals surface area contributed by atoms with Crippen LogP contribution in [0.15, 0.2) is 18.2 Å². The SMILES string of the molecule is CC1CCN(c2cc(C3(N)CCOCC3)ccc2N)CC1. The Balaban J connectivity index is 1.85. The number of nitrogens with two attached hydrogens (primary N) is 2. The molecule has 4 nitrogen and oxygen atoms in total. The van der Waals surface area contributed by atoms with Crippen LogP contribution >= 0.6 is 0 Å². The molecule has 1 aromatic rings. The van der Waals surface area contributed by atoms with Gasteiger partial charge >= 0.3 is 0 Å². The summed E-state index contributed by atoms with van der Waals surface area (Å²) in [5.41, 5.74) is 15.8. The second-order valence-electron chi connectivity index (χ2n) is 6.71. The van der Waals surface area contributed by atoms with Crippen molar-refractivity contribution in [1.82, 2.24) is 0 Å². The van der Waals surface area contributed by atoms with Gasteiger partial charge in [-0.15, -0.1) is 0 Å². The molecule has 3 rings (SSSR count). The van der Waals surface area contributed by atoms with E-state index >= 15 is 0 Å². The molecule has 2 heterocycles. The predicted molar refractivity (Wildman–Crippen MR) is 87.4 cm³/mol. The van der Waals surface area contributed by atoms with Gasteiger partial charge in [0, 0.05) is 31.8 Å². The van der Waals surface area contributed by atoms with E-state index in [0.29, 0.717) is 0 Å². The lowest BCUT2D eigenvalue weighted by atomic mass is 9.83. The molecule has 2 aliphatic rings. The number of nitrogens with zero attached hydrogens (tertiary/aromatic N) is 1. The molecule has 0 aromatic heterocycles. The molecule has 4 N–H and O–H groups in total. The fraction of sp³-hybridized carbons (Fsp3) is 0.647. The van der Waals surface area contributed by atoms with Crippen molar-refractivity contribution in [2.45, 2.75) is 38.1 Å². The Kier molecular flexibility index (Phi) is 4.09. The van der Waals surface area contributed by atoms with Gasteiger partial charge in [-0.25, -0.2) is 0 Å². The third-order valence-electron chi connectivity index (χ3n) is 5.11. The summed E-state index contributed by atoms with van der Waals surface area (Å²) in [6.45, 7) is 6.01. The van der Waals surface area contributed by atoms with E-state index in [2.05, 4.69) is 24.0 Å². The van der Waals surface area contributed by atoms with Gasteiger partial charge in [-0.2, -0.15) is 0 Å². The monoisotopic (exact) mass is 289 g/mol. The Labute approximate surface area is 127 Å². The number of ether oxygens (including phenoxy) is 1. The van der Waals surface area contributed by atoms with Gasteiger partial charge in [-0.05, 0) is 49.3 Å². The molecule has 0 amide bonds. The molecule has 0 unspecified atom stereocenters. The summed E-state index contributed by atoms with van der Waals surface area (Å²) in [7, 11) is 0. The molecular formula is C17H27N3O. The molecule has 2 fully saturated rings. The third-order valence-corrected chi connectivity index (χ3v) is 5.11. The first kappa shape index (κ1) is 14.7. The van der Waals surface area contributed by atoms with Gasteiger partial charge in [0.1, 0.15) is 0 Å². The van der Waals surface area contributed by atoms with E-state index in [1.807, 2.05) is 6.07 Å². The highest BCUT2D eigenvalue weighted by atomic mass is 16.5. The van der Waals surface area contributed by atoms with Crippen LogP contribution in [0.25, 0.3) is 0 Å². The summed E-state index contributed by atoms with van der Waals surface area (Å²) < 4.78 is 5.45. The van der Waals surface area contributed by atoms with Crippen LogP contribution in [0.4, 0.5) is 11.4 Å². The second kappa shape index (κ2) is 5.85. The van der Waals surface area contributed by atoms with E-state index in [0.717, 1.165) is 56.4 Å². The van der Waals surface area contributed by atoms with Crippen molar-refractivity contribution >= 4 is 11.4 Å². The van der Waals surface area contributed by atoms with Gasteiger partial charge in [0.25, 0.3) is 0 Å². The zero-order valence-corrected chi connectivity index (χ0v) is 13.0. The zero-order chi connectivity index (χ0) is 14.9. The number of anilines is 2. The molecule has 0 radical (unpaired) electrons. The van der Waals surface area contributed by atoms with Crippen molar-refractivity contribution in [3.63, 3.8) is 0 Å². The highest BCUT2D eigenvalue weighted by Gasteiger charge is 2.31. The number of hydrogen-bond acceptors (Lipinski definition) is 4. The third kappa shape index (κ3) is 3.01. The highest BCUT2D eigenvalue weighted by molar-refractivity contribution is 5.69. The van der Waals surface area contributed by atoms with Crippen LogP contribution in [-0.4, -0.2) is 26.3 Å². The summed E-state index contributed by atoms with van der Waals surface area (Å²) in [5, 5.41) is 0. The first-order chi connectivity index (χ1) is 10.1. The molecule has 0 bridgehead atoms. The molecule has 0 aliphatic carbocycles. The first-order valence-electron chi connectivity index (χ1n) is 8.10. The van der Waals surface area contributed by atoms with Gasteiger partial charge in [-0.3, -0.25) is 0 Å². The van der Waals surface area contributed by atoms with E-state index in [-0.39, 0.29) is 5.54 Å². The Bertz CT molecular complexity index is 489. The summed E-state index contributed by atoms with van der Waals surface area (Å²) in [6, 6.07) is 6.33. The predicted octanol–water partition coefficient (Wildman–Crippen LogP) is 2.47. The van der Waals surface area contributed by atoms with E-state index in [1.165, 1.54) is 18.4 Å². The summed E-state index contributed by atoms with van der Waals surface area (Å²) >= 11 is 0. The fourth-order valence-electron chi connectivity index (χ4n) is 3.40. The van der Waals surface area contributed by atoms with Crippen LogP contribution in [0.2, 0.25) is 0 Å². The van der Waals surface area contributed by atoms with Crippen LogP contribution in [0.3, 0.4) is 0 Å². The van der Waals surface area contributed by atoms with Crippen molar-refractivity contribution in [2.24, 2.45) is 11.7 Å². The van der Waals surface area contributed by atoms with E-state index in [9.17, 15) is 0 Å². The van der Waals surface area contributed by atoms with Crippen molar-refractivity contribution in [1.29, 1.82) is 0 Å². The van der Waals surface area contributed by atoms with Gasteiger partial charge < -0.3 is 21.1 Å². The van der Waals surface area contributed by atoms with Gasteiger partial charge in [0.05, 0.1) is 11.4 Å². The lowest BCUT2D eigenvalue weighted by Crippen LogP contribution is -2.42. The van der Waals surface area contributed by atoms with Crippen molar-refractivity contribution in [3.05, 3.63) is 23.8 Å². The quantitative estimate of drug-likeness (QED) is 0.821. The van der Waals surface area contributed by atoms with E-state index in [4.69, 9.17) is 16.2 Å². The Hall–Kier alpha value is -1.26. The number of rotatable bonds is 2. The fourth-order valence-corrected chi connectivity index (χ4v) is 3.40. The minimum atomic E-state index is -0.260.